The van der Waals surface area contributed by atoms with E-state index in [0.717, 1.165) is 23.3 Å². The van der Waals surface area contributed by atoms with Crippen LogP contribution in [-0.4, -0.2) is 11.7 Å². The molecule has 1 aromatic carbocycles. The Hall–Kier alpha value is -0.730. The van der Waals surface area contributed by atoms with E-state index in [2.05, 4.69) is 0 Å². The molecular weight excluding hydrogens is 200 g/mol. The van der Waals surface area contributed by atoms with Gasteiger partial charge in [0.05, 0.1) is 17.2 Å². The normalized spacial score (nSPS) is 15.1. The highest BCUT2D eigenvalue weighted by atomic mass is 35.5. The Kier molecular flexibility index (Phi) is 2.20. The summed E-state index contributed by atoms with van der Waals surface area (Å²) in [5.41, 5.74) is 1.09. The van der Waals surface area contributed by atoms with Gasteiger partial charge in [-0.3, -0.25) is 0 Å². The molecule has 0 saturated carbocycles. The molecule has 0 fully saturated rings. The molecule has 1 aromatic rings. The maximum Gasteiger partial charge on any atom is 0.141 e. The van der Waals surface area contributed by atoms with Crippen LogP contribution in [0, 0.1) is 0 Å². The highest BCUT2D eigenvalue weighted by Crippen LogP contribution is 2.37. The molecule has 0 bridgehead atoms. The minimum absolute atomic E-state index is 0.595. The Labute approximate surface area is 88.5 Å². The monoisotopic (exact) mass is 212 g/mol. The maximum absolute atomic E-state index is 9.85. The largest absolute Gasteiger partial charge is 0.491 e. The number of hydrogen-bond donors (Lipinski definition) is 1. The summed E-state index contributed by atoms with van der Waals surface area (Å²) in [7, 11) is 0. The first-order chi connectivity index (χ1) is 6.48. The Morgan fingerprint density at radius 2 is 2.14 bits per heavy atom. The van der Waals surface area contributed by atoms with E-state index in [1.54, 1.807) is 19.9 Å². The van der Waals surface area contributed by atoms with Gasteiger partial charge in [0.25, 0.3) is 0 Å². The smallest absolute Gasteiger partial charge is 0.141 e. The van der Waals surface area contributed by atoms with Gasteiger partial charge in [0.15, 0.2) is 0 Å². The number of fused-ring (bicyclic) bond motifs is 1. The molecule has 76 valence electrons. The van der Waals surface area contributed by atoms with E-state index in [-0.39, 0.29) is 0 Å². The molecule has 1 aliphatic heterocycles. The van der Waals surface area contributed by atoms with Crippen molar-refractivity contribution in [2.24, 2.45) is 0 Å². The van der Waals surface area contributed by atoms with Gasteiger partial charge in [-0.05, 0) is 37.1 Å². The first-order valence-electron chi connectivity index (χ1n) is 4.66. The van der Waals surface area contributed by atoms with Crippen molar-refractivity contribution in [1.82, 2.24) is 0 Å². The van der Waals surface area contributed by atoms with Crippen LogP contribution < -0.4 is 4.74 Å². The van der Waals surface area contributed by atoms with Crippen LogP contribution >= 0.6 is 11.6 Å². The SMILES string of the molecule is CC(C)(O)c1cc(Cl)c2c(c1)CCO2. The molecule has 3 heteroatoms. The molecule has 0 amide bonds. The number of rotatable bonds is 1. The molecule has 14 heavy (non-hydrogen) atoms. The predicted octanol–water partition coefficient (Wildman–Crippen LogP) is 2.50. The summed E-state index contributed by atoms with van der Waals surface area (Å²) in [5.74, 6) is 0.777. The van der Waals surface area contributed by atoms with Crippen LogP contribution in [-0.2, 0) is 12.0 Å². The van der Waals surface area contributed by atoms with Crippen LogP contribution in [0.2, 0.25) is 5.02 Å². The van der Waals surface area contributed by atoms with E-state index in [1.807, 2.05) is 6.07 Å². The molecule has 0 saturated heterocycles. The van der Waals surface area contributed by atoms with Crippen molar-refractivity contribution < 1.29 is 9.84 Å². The lowest BCUT2D eigenvalue weighted by Gasteiger charge is -2.19. The van der Waals surface area contributed by atoms with Gasteiger partial charge in [0.1, 0.15) is 5.75 Å². The molecule has 0 atom stereocenters. The van der Waals surface area contributed by atoms with E-state index in [9.17, 15) is 5.11 Å². The molecule has 2 rings (SSSR count). The topological polar surface area (TPSA) is 29.5 Å². The fourth-order valence-corrected chi connectivity index (χ4v) is 1.91. The standard InChI is InChI=1S/C11H13ClO2/c1-11(2,13)8-5-7-3-4-14-10(7)9(12)6-8/h5-6,13H,3-4H2,1-2H3. The Balaban J connectivity index is 2.52. The van der Waals surface area contributed by atoms with E-state index in [1.165, 1.54) is 0 Å². The Morgan fingerprint density at radius 1 is 1.43 bits per heavy atom. The molecule has 1 heterocycles. The lowest BCUT2D eigenvalue weighted by Crippen LogP contribution is -2.15. The fraction of sp³-hybridized carbons (Fsp3) is 0.455. The van der Waals surface area contributed by atoms with Crippen LogP contribution in [0.5, 0.6) is 5.75 Å². The van der Waals surface area contributed by atoms with Crippen LogP contribution in [0.25, 0.3) is 0 Å². The molecule has 0 radical (unpaired) electrons. The third-order valence-corrected chi connectivity index (χ3v) is 2.73. The van der Waals surface area contributed by atoms with Gasteiger partial charge >= 0.3 is 0 Å². The molecule has 0 aromatic heterocycles. The number of ether oxygens (including phenoxy) is 1. The fourth-order valence-electron chi connectivity index (χ4n) is 1.61. The second-order valence-electron chi connectivity index (χ2n) is 4.10. The quantitative estimate of drug-likeness (QED) is 0.775. The second-order valence-corrected chi connectivity index (χ2v) is 4.51. The summed E-state index contributed by atoms with van der Waals surface area (Å²) in [6.45, 7) is 4.19. The first kappa shape index (κ1) is 9.81. The van der Waals surface area contributed by atoms with Crippen LogP contribution in [0.15, 0.2) is 12.1 Å². The Bertz CT molecular complexity index is 366. The lowest BCUT2D eigenvalue weighted by atomic mass is 9.96. The number of halogens is 1. The molecule has 1 aliphatic rings. The van der Waals surface area contributed by atoms with Crippen molar-refractivity contribution in [2.75, 3.05) is 6.61 Å². The van der Waals surface area contributed by atoms with Crippen molar-refractivity contribution in [1.29, 1.82) is 0 Å². The minimum atomic E-state index is -0.846. The van der Waals surface area contributed by atoms with E-state index in [0.29, 0.717) is 11.6 Å². The van der Waals surface area contributed by atoms with E-state index < -0.39 is 5.60 Å². The average molecular weight is 213 g/mol. The third-order valence-electron chi connectivity index (χ3n) is 2.44. The lowest BCUT2D eigenvalue weighted by molar-refractivity contribution is 0.0785. The number of hydrogen-bond acceptors (Lipinski definition) is 2. The zero-order valence-corrected chi connectivity index (χ0v) is 9.06. The maximum atomic E-state index is 9.85. The second kappa shape index (κ2) is 3.14. The van der Waals surface area contributed by atoms with Crippen LogP contribution in [0.4, 0.5) is 0 Å². The van der Waals surface area contributed by atoms with Crippen molar-refractivity contribution in [2.45, 2.75) is 25.9 Å². The van der Waals surface area contributed by atoms with Gasteiger partial charge in [-0.15, -0.1) is 0 Å². The first-order valence-corrected chi connectivity index (χ1v) is 5.04. The van der Waals surface area contributed by atoms with Crippen molar-refractivity contribution in [3.05, 3.63) is 28.3 Å². The molecular formula is C11H13ClO2. The summed E-state index contributed by atoms with van der Waals surface area (Å²) in [6, 6.07) is 3.74. The van der Waals surface area contributed by atoms with E-state index in [4.69, 9.17) is 16.3 Å². The molecule has 2 nitrogen and oxygen atoms in total. The predicted molar refractivity (Wildman–Crippen MR) is 55.9 cm³/mol. The molecule has 0 spiro atoms. The summed E-state index contributed by atoms with van der Waals surface area (Å²) in [4.78, 5) is 0. The van der Waals surface area contributed by atoms with Gasteiger partial charge < -0.3 is 9.84 Å². The number of aliphatic hydroxyl groups is 1. The minimum Gasteiger partial charge on any atom is -0.491 e. The zero-order chi connectivity index (χ0) is 10.3. The molecule has 0 unspecified atom stereocenters. The van der Waals surface area contributed by atoms with E-state index >= 15 is 0 Å². The van der Waals surface area contributed by atoms with Crippen LogP contribution in [0.1, 0.15) is 25.0 Å². The number of benzene rings is 1. The van der Waals surface area contributed by atoms with Gasteiger partial charge in [-0.25, -0.2) is 0 Å². The highest BCUT2D eigenvalue weighted by Gasteiger charge is 2.22. The third kappa shape index (κ3) is 1.60. The van der Waals surface area contributed by atoms with Crippen LogP contribution in [0.3, 0.4) is 0 Å². The van der Waals surface area contributed by atoms with Crippen molar-refractivity contribution in [3.8, 4) is 5.75 Å². The van der Waals surface area contributed by atoms with Crippen molar-refractivity contribution >= 4 is 11.6 Å². The highest BCUT2D eigenvalue weighted by molar-refractivity contribution is 6.32. The summed E-state index contributed by atoms with van der Waals surface area (Å²) in [6.07, 6.45) is 0.874. The van der Waals surface area contributed by atoms with Crippen molar-refractivity contribution in [3.63, 3.8) is 0 Å². The summed E-state index contributed by atoms with van der Waals surface area (Å²) < 4.78 is 5.38. The van der Waals surface area contributed by atoms with Gasteiger partial charge in [-0.2, -0.15) is 0 Å². The summed E-state index contributed by atoms with van der Waals surface area (Å²) in [5, 5.41) is 10.4. The zero-order valence-electron chi connectivity index (χ0n) is 8.30. The molecule has 1 N–H and O–H groups in total. The van der Waals surface area contributed by atoms with Gasteiger partial charge in [0.2, 0.25) is 0 Å². The Morgan fingerprint density at radius 3 is 2.79 bits per heavy atom. The van der Waals surface area contributed by atoms with Gasteiger partial charge in [0, 0.05) is 6.42 Å². The molecule has 0 aliphatic carbocycles. The summed E-state index contributed by atoms with van der Waals surface area (Å²) >= 11 is 6.04. The van der Waals surface area contributed by atoms with Gasteiger partial charge in [-0.1, -0.05) is 11.6 Å². The average Bonchev–Trinajstić information content (AvgIpc) is 2.50.